The Bertz CT molecular complexity index is 678. The molecule has 1 aromatic heterocycles. The van der Waals surface area contributed by atoms with Gasteiger partial charge in [-0.2, -0.15) is 0 Å². The van der Waals surface area contributed by atoms with Gasteiger partial charge < -0.3 is 9.32 Å². The summed E-state index contributed by atoms with van der Waals surface area (Å²) in [5.41, 5.74) is 2.27. The zero-order valence-electron chi connectivity index (χ0n) is 12.9. The molecule has 21 heavy (non-hydrogen) atoms. The van der Waals surface area contributed by atoms with Crippen LogP contribution in [0.4, 0.5) is 5.69 Å². The van der Waals surface area contributed by atoms with Crippen molar-refractivity contribution in [3.8, 4) is 0 Å². The third-order valence-electron chi connectivity index (χ3n) is 3.66. The minimum absolute atomic E-state index is 0.204. The first-order valence-electron chi connectivity index (χ1n) is 7.54. The molecule has 0 atom stereocenters. The summed E-state index contributed by atoms with van der Waals surface area (Å²) in [7, 11) is 2.06. The van der Waals surface area contributed by atoms with Gasteiger partial charge in [-0.1, -0.05) is 42.6 Å². The van der Waals surface area contributed by atoms with Crippen molar-refractivity contribution in [3.05, 3.63) is 38.7 Å². The average Bonchev–Trinajstić information content (AvgIpc) is 2.46. The Labute approximate surface area is 134 Å². The molecule has 0 spiro atoms. The fraction of sp³-hybridized carbons (Fsp3) is 0.471. The van der Waals surface area contributed by atoms with E-state index in [1.807, 2.05) is 18.2 Å². The van der Waals surface area contributed by atoms with Crippen LogP contribution >= 0.6 is 15.9 Å². The monoisotopic (exact) mass is 351 g/mol. The SMILES string of the molecule is CCCCN(C)c1c(CCC)c(=O)oc2ccc(Br)cc12. The second-order valence-corrected chi connectivity index (χ2v) is 6.30. The van der Waals surface area contributed by atoms with Gasteiger partial charge >= 0.3 is 5.63 Å². The summed E-state index contributed by atoms with van der Waals surface area (Å²) in [6, 6.07) is 5.80. The van der Waals surface area contributed by atoms with Crippen LogP contribution in [0.15, 0.2) is 31.9 Å². The van der Waals surface area contributed by atoms with Crippen molar-refractivity contribution < 1.29 is 4.42 Å². The first-order chi connectivity index (χ1) is 10.1. The van der Waals surface area contributed by atoms with Crippen LogP contribution < -0.4 is 10.5 Å². The van der Waals surface area contributed by atoms with Crippen LogP contribution in [-0.4, -0.2) is 13.6 Å². The topological polar surface area (TPSA) is 33.5 Å². The smallest absolute Gasteiger partial charge is 0.341 e. The van der Waals surface area contributed by atoms with Crippen LogP contribution in [0, 0.1) is 0 Å². The predicted molar refractivity (Wildman–Crippen MR) is 92.4 cm³/mol. The zero-order chi connectivity index (χ0) is 15.4. The van der Waals surface area contributed by atoms with E-state index in [0.717, 1.165) is 53.3 Å². The van der Waals surface area contributed by atoms with Gasteiger partial charge in [-0.3, -0.25) is 0 Å². The van der Waals surface area contributed by atoms with Crippen molar-refractivity contribution in [1.29, 1.82) is 0 Å². The van der Waals surface area contributed by atoms with Crippen LogP contribution in [0.2, 0.25) is 0 Å². The van der Waals surface area contributed by atoms with Crippen LogP contribution in [0.25, 0.3) is 11.0 Å². The highest BCUT2D eigenvalue weighted by molar-refractivity contribution is 9.10. The molecule has 0 radical (unpaired) electrons. The number of nitrogens with zero attached hydrogens (tertiary/aromatic N) is 1. The standard InChI is InChI=1S/C17H22BrNO2/c1-4-6-10-19(3)16-13(7-5-2)17(20)21-15-9-8-12(18)11-14(15)16/h8-9,11H,4-7,10H2,1-3H3. The van der Waals surface area contributed by atoms with Gasteiger partial charge in [0.05, 0.1) is 11.3 Å². The Balaban J connectivity index is 2.67. The van der Waals surface area contributed by atoms with E-state index in [9.17, 15) is 4.79 Å². The third kappa shape index (κ3) is 3.49. The van der Waals surface area contributed by atoms with E-state index in [2.05, 4.69) is 41.7 Å². The Kier molecular flexibility index (Phi) is 5.45. The number of rotatable bonds is 6. The number of anilines is 1. The van der Waals surface area contributed by atoms with Crippen molar-refractivity contribution in [2.24, 2.45) is 0 Å². The summed E-state index contributed by atoms with van der Waals surface area (Å²) in [6.45, 7) is 5.20. The summed E-state index contributed by atoms with van der Waals surface area (Å²) < 4.78 is 6.49. The molecule has 0 aliphatic rings. The maximum Gasteiger partial charge on any atom is 0.341 e. The minimum atomic E-state index is -0.204. The van der Waals surface area contributed by atoms with Crippen molar-refractivity contribution in [2.45, 2.75) is 39.5 Å². The van der Waals surface area contributed by atoms with E-state index in [-0.39, 0.29) is 5.63 Å². The largest absolute Gasteiger partial charge is 0.422 e. The molecule has 114 valence electrons. The van der Waals surface area contributed by atoms with E-state index in [4.69, 9.17) is 4.42 Å². The summed E-state index contributed by atoms with van der Waals surface area (Å²) >= 11 is 3.51. The molecule has 4 heteroatoms. The van der Waals surface area contributed by atoms with Crippen molar-refractivity contribution in [1.82, 2.24) is 0 Å². The molecule has 3 nitrogen and oxygen atoms in total. The van der Waals surface area contributed by atoms with Crippen molar-refractivity contribution in [2.75, 3.05) is 18.5 Å². The van der Waals surface area contributed by atoms with Gasteiger partial charge in [0.2, 0.25) is 0 Å². The second-order valence-electron chi connectivity index (χ2n) is 5.38. The molecule has 2 rings (SSSR count). The predicted octanol–water partition coefficient (Wildman–Crippen LogP) is 4.74. The molecule has 0 N–H and O–H groups in total. The Morgan fingerprint density at radius 3 is 2.67 bits per heavy atom. The summed E-state index contributed by atoms with van der Waals surface area (Å²) in [4.78, 5) is 14.5. The highest BCUT2D eigenvalue weighted by Crippen LogP contribution is 2.31. The molecule has 0 unspecified atom stereocenters. The highest BCUT2D eigenvalue weighted by Gasteiger charge is 2.17. The molecule has 0 aliphatic carbocycles. The van der Waals surface area contributed by atoms with Gasteiger partial charge in [-0.15, -0.1) is 0 Å². The molecule has 1 heterocycles. The van der Waals surface area contributed by atoms with Crippen LogP contribution in [0.5, 0.6) is 0 Å². The fourth-order valence-electron chi connectivity index (χ4n) is 2.61. The lowest BCUT2D eigenvalue weighted by molar-refractivity contribution is 0.548. The van der Waals surface area contributed by atoms with Crippen molar-refractivity contribution in [3.63, 3.8) is 0 Å². The maximum atomic E-state index is 12.3. The lowest BCUT2D eigenvalue weighted by Crippen LogP contribution is -2.23. The number of halogens is 1. The molecule has 0 amide bonds. The number of benzene rings is 1. The normalized spacial score (nSPS) is 11.0. The number of hydrogen-bond donors (Lipinski definition) is 0. The van der Waals surface area contributed by atoms with E-state index >= 15 is 0 Å². The van der Waals surface area contributed by atoms with Gasteiger partial charge in [0.25, 0.3) is 0 Å². The molecule has 0 saturated carbocycles. The minimum Gasteiger partial charge on any atom is -0.422 e. The first kappa shape index (κ1) is 16.1. The quantitative estimate of drug-likeness (QED) is 0.704. The molecular formula is C17H22BrNO2. The van der Waals surface area contributed by atoms with Gasteiger partial charge in [-0.05, 0) is 31.0 Å². The first-order valence-corrected chi connectivity index (χ1v) is 8.34. The summed E-state index contributed by atoms with van der Waals surface area (Å²) in [5.74, 6) is 0. The molecule has 2 aromatic rings. The Morgan fingerprint density at radius 2 is 2.00 bits per heavy atom. The lowest BCUT2D eigenvalue weighted by atomic mass is 10.1. The second kappa shape index (κ2) is 7.12. The zero-order valence-corrected chi connectivity index (χ0v) is 14.5. The highest BCUT2D eigenvalue weighted by atomic mass is 79.9. The van der Waals surface area contributed by atoms with E-state index in [1.54, 1.807) is 0 Å². The number of hydrogen-bond acceptors (Lipinski definition) is 3. The van der Waals surface area contributed by atoms with Crippen LogP contribution in [0.3, 0.4) is 0 Å². The molecule has 0 bridgehead atoms. The third-order valence-corrected chi connectivity index (χ3v) is 4.15. The van der Waals surface area contributed by atoms with E-state index in [0.29, 0.717) is 5.58 Å². The molecule has 0 saturated heterocycles. The molecule has 1 aromatic carbocycles. The van der Waals surface area contributed by atoms with Gasteiger partial charge in [0, 0.05) is 23.5 Å². The number of unbranched alkanes of at least 4 members (excludes halogenated alkanes) is 1. The van der Waals surface area contributed by atoms with Crippen molar-refractivity contribution >= 4 is 32.6 Å². The number of fused-ring (bicyclic) bond motifs is 1. The molecule has 0 fully saturated rings. The average molecular weight is 352 g/mol. The van der Waals surface area contributed by atoms with Gasteiger partial charge in [0.15, 0.2) is 0 Å². The van der Waals surface area contributed by atoms with Gasteiger partial charge in [0.1, 0.15) is 5.58 Å². The summed E-state index contributed by atoms with van der Waals surface area (Å²) in [5, 5.41) is 1.01. The molecular weight excluding hydrogens is 330 g/mol. The summed E-state index contributed by atoms with van der Waals surface area (Å²) in [6.07, 6.45) is 3.92. The van der Waals surface area contributed by atoms with E-state index in [1.165, 1.54) is 0 Å². The fourth-order valence-corrected chi connectivity index (χ4v) is 2.97. The Morgan fingerprint density at radius 1 is 1.24 bits per heavy atom. The molecule has 0 aliphatic heterocycles. The maximum absolute atomic E-state index is 12.3. The lowest BCUT2D eigenvalue weighted by Gasteiger charge is -2.23. The van der Waals surface area contributed by atoms with Crippen LogP contribution in [0.1, 0.15) is 38.7 Å². The Hall–Kier alpha value is -1.29. The van der Waals surface area contributed by atoms with Crippen LogP contribution in [-0.2, 0) is 6.42 Å². The van der Waals surface area contributed by atoms with E-state index < -0.39 is 0 Å². The van der Waals surface area contributed by atoms with Gasteiger partial charge in [-0.25, -0.2) is 4.79 Å².